The van der Waals surface area contributed by atoms with Gasteiger partial charge in [0.05, 0.1) is 6.54 Å². The van der Waals surface area contributed by atoms with E-state index in [9.17, 15) is 14.0 Å². The van der Waals surface area contributed by atoms with Crippen LogP contribution in [0.5, 0.6) is 0 Å². The first-order valence-corrected chi connectivity index (χ1v) is 12.5. The zero-order valence-electron chi connectivity index (χ0n) is 22.2. The lowest BCUT2D eigenvalue weighted by atomic mass is 10.1. The SMILES string of the molecule is C=O.CC.CC(O)F.CC1CCCN1C(=O)CNC=O.CO.Cc1ccc2sc3ccccc3c2c1. The summed E-state index contributed by atoms with van der Waals surface area (Å²) in [6.45, 7) is 12.2. The second-order valence-electron chi connectivity index (χ2n) is 7.25. The highest BCUT2D eigenvalue weighted by atomic mass is 32.1. The van der Waals surface area contributed by atoms with E-state index in [1.165, 1.54) is 25.7 Å². The number of carbonyl (C=O) groups is 3. The van der Waals surface area contributed by atoms with Crippen molar-refractivity contribution in [3.05, 3.63) is 48.0 Å². The zero-order chi connectivity index (χ0) is 28.1. The number of nitrogens with zero attached hydrogens (tertiary/aromatic N) is 1. The Bertz CT molecular complexity index is 994. The van der Waals surface area contributed by atoms with Gasteiger partial charge in [-0.15, -0.1) is 11.3 Å². The van der Waals surface area contributed by atoms with Crippen LogP contribution in [0.4, 0.5) is 4.39 Å². The number of halogens is 1. The quantitative estimate of drug-likeness (QED) is 0.425. The van der Waals surface area contributed by atoms with Crippen LogP contribution in [-0.2, 0) is 14.4 Å². The topological polar surface area (TPSA) is 107 Å². The molecule has 36 heavy (non-hydrogen) atoms. The standard InChI is InChI=1S/C13H10S.C8H14N2O2.C2H5FO.C2H6.CH4O.CH2O/c1-9-6-7-13-11(8-9)10-4-2-3-5-12(10)14-13;1-7-3-2-4-10(7)8(12)5-9-6-11;1-2(3)4;3*1-2/h2-8H,1H3;6-7H,2-5H2,1H3,(H,9,11);2,4H,1H3;1-2H3;2H,1H3;1H2. The van der Waals surface area contributed by atoms with E-state index in [1.54, 1.807) is 0 Å². The van der Waals surface area contributed by atoms with Crippen LogP contribution in [0.3, 0.4) is 0 Å². The Balaban J connectivity index is 0. The van der Waals surface area contributed by atoms with Gasteiger partial charge in [-0.25, -0.2) is 4.39 Å². The van der Waals surface area contributed by atoms with Gasteiger partial charge in [0, 0.05) is 39.9 Å². The Labute approximate surface area is 217 Å². The summed E-state index contributed by atoms with van der Waals surface area (Å²) in [6, 6.07) is 15.6. The van der Waals surface area contributed by atoms with Crippen LogP contribution >= 0.6 is 11.3 Å². The Kier molecular flexibility index (Phi) is 21.0. The summed E-state index contributed by atoms with van der Waals surface area (Å²) in [5.41, 5.74) is 1.33. The van der Waals surface area contributed by atoms with Crippen molar-refractivity contribution in [2.24, 2.45) is 0 Å². The van der Waals surface area contributed by atoms with E-state index in [2.05, 4.69) is 54.7 Å². The molecule has 1 aliphatic rings. The summed E-state index contributed by atoms with van der Waals surface area (Å²) >= 11 is 1.87. The number of thiophene rings is 1. The first-order valence-electron chi connectivity index (χ1n) is 11.7. The molecule has 202 valence electrons. The molecule has 0 radical (unpaired) electrons. The third-order valence-electron chi connectivity index (χ3n) is 4.74. The van der Waals surface area contributed by atoms with E-state index in [4.69, 9.17) is 15.0 Å². The molecule has 1 aliphatic heterocycles. The van der Waals surface area contributed by atoms with Crippen molar-refractivity contribution in [1.82, 2.24) is 10.2 Å². The average molecular weight is 525 g/mol. The molecule has 3 N–H and O–H groups in total. The van der Waals surface area contributed by atoms with Crippen molar-refractivity contribution < 1.29 is 29.0 Å². The van der Waals surface area contributed by atoms with E-state index in [1.807, 2.05) is 43.8 Å². The maximum atomic E-state index is 11.3. The third-order valence-corrected chi connectivity index (χ3v) is 5.89. The molecule has 7 nitrogen and oxygen atoms in total. The van der Waals surface area contributed by atoms with Crippen LogP contribution in [-0.4, -0.2) is 66.8 Å². The monoisotopic (exact) mass is 524 g/mol. The third kappa shape index (κ3) is 12.7. The van der Waals surface area contributed by atoms with Gasteiger partial charge in [-0.1, -0.05) is 43.7 Å². The van der Waals surface area contributed by atoms with E-state index >= 15 is 0 Å². The second-order valence-corrected chi connectivity index (χ2v) is 8.33. The molecule has 1 saturated heterocycles. The minimum atomic E-state index is -1.67. The smallest absolute Gasteiger partial charge is 0.242 e. The summed E-state index contributed by atoms with van der Waals surface area (Å²) in [4.78, 5) is 31.1. The average Bonchev–Trinajstić information content (AvgIpc) is 3.49. The van der Waals surface area contributed by atoms with Gasteiger partial charge in [0.25, 0.3) is 0 Å². The lowest BCUT2D eigenvalue weighted by molar-refractivity contribution is -0.131. The summed E-state index contributed by atoms with van der Waals surface area (Å²) in [7, 11) is 1.00. The van der Waals surface area contributed by atoms with Crippen LogP contribution in [0, 0.1) is 6.92 Å². The predicted molar refractivity (Wildman–Crippen MR) is 148 cm³/mol. The van der Waals surface area contributed by atoms with Gasteiger partial charge < -0.3 is 25.2 Å². The minimum absolute atomic E-state index is 0.0205. The molecule has 4 rings (SSSR count). The molecule has 2 aromatic carbocycles. The summed E-state index contributed by atoms with van der Waals surface area (Å²) < 4.78 is 13.3. The van der Waals surface area contributed by atoms with Gasteiger partial charge in [0.2, 0.25) is 12.3 Å². The van der Waals surface area contributed by atoms with Crippen molar-refractivity contribution >= 4 is 50.6 Å². The fourth-order valence-corrected chi connectivity index (χ4v) is 4.46. The number of alkyl halides is 1. The molecule has 0 bridgehead atoms. The normalized spacial score (nSPS) is 14.0. The van der Waals surface area contributed by atoms with Crippen LogP contribution in [0.2, 0.25) is 0 Å². The molecule has 1 aromatic heterocycles. The Morgan fingerprint density at radius 2 is 1.75 bits per heavy atom. The number of aliphatic hydroxyl groups is 2. The number of rotatable bonds is 3. The van der Waals surface area contributed by atoms with Crippen LogP contribution < -0.4 is 5.32 Å². The Hall–Kier alpha value is -2.88. The van der Waals surface area contributed by atoms with Crippen LogP contribution in [0.25, 0.3) is 20.2 Å². The Morgan fingerprint density at radius 1 is 1.19 bits per heavy atom. The number of hydrogen-bond acceptors (Lipinski definition) is 6. The van der Waals surface area contributed by atoms with Gasteiger partial charge in [-0.05, 0) is 51.8 Å². The highest BCUT2D eigenvalue weighted by molar-refractivity contribution is 7.25. The maximum absolute atomic E-state index is 11.3. The minimum Gasteiger partial charge on any atom is -0.400 e. The zero-order valence-corrected chi connectivity index (χ0v) is 23.0. The fraction of sp³-hybridized carbons (Fsp3) is 0.444. The maximum Gasteiger partial charge on any atom is 0.242 e. The highest BCUT2D eigenvalue weighted by Gasteiger charge is 2.24. The second kappa shape index (κ2) is 21.4. The van der Waals surface area contributed by atoms with Gasteiger partial charge >= 0.3 is 0 Å². The van der Waals surface area contributed by atoms with Gasteiger partial charge in [0.15, 0.2) is 6.36 Å². The number of nitrogens with one attached hydrogen (secondary N) is 1. The molecular weight excluding hydrogens is 483 g/mol. The first kappa shape index (κ1) is 35.3. The molecule has 3 aromatic rings. The summed E-state index contributed by atoms with van der Waals surface area (Å²) in [6.07, 6.45) is 1.04. The molecule has 0 aliphatic carbocycles. The summed E-state index contributed by atoms with van der Waals surface area (Å²) in [5.74, 6) is 0.0205. The number of hydrogen-bond donors (Lipinski definition) is 3. The largest absolute Gasteiger partial charge is 0.400 e. The summed E-state index contributed by atoms with van der Waals surface area (Å²) in [5, 5.41) is 19.5. The molecule has 2 heterocycles. The van der Waals surface area contributed by atoms with Gasteiger partial charge in [-0.3, -0.25) is 9.59 Å². The van der Waals surface area contributed by atoms with Crippen LogP contribution in [0.15, 0.2) is 42.5 Å². The van der Waals surface area contributed by atoms with Crippen molar-refractivity contribution in [2.75, 3.05) is 20.2 Å². The van der Waals surface area contributed by atoms with Crippen molar-refractivity contribution in [3.63, 3.8) is 0 Å². The molecule has 2 amide bonds. The molecule has 0 saturated carbocycles. The Morgan fingerprint density at radius 3 is 2.28 bits per heavy atom. The van der Waals surface area contributed by atoms with Crippen molar-refractivity contribution in [3.8, 4) is 0 Å². The van der Waals surface area contributed by atoms with Crippen molar-refractivity contribution in [1.29, 1.82) is 0 Å². The first-order chi connectivity index (χ1) is 17.3. The fourth-order valence-electron chi connectivity index (χ4n) is 3.37. The van der Waals surface area contributed by atoms with Crippen LogP contribution in [0.1, 0.15) is 46.1 Å². The van der Waals surface area contributed by atoms with E-state index in [0.29, 0.717) is 12.5 Å². The van der Waals surface area contributed by atoms with Gasteiger partial charge in [0.1, 0.15) is 6.79 Å². The van der Waals surface area contributed by atoms with E-state index < -0.39 is 6.36 Å². The number of aryl methyl sites for hydroxylation is 1. The number of amides is 2. The van der Waals surface area contributed by atoms with Crippen molar-refractivity contribution in [2.45, 2.75) is 59.9 Å². The number of carbonyl (C=O) groups excluding carboxylic acids is 3. The predicted octanol–water partition coefficient (Wildman–Crippen LogP) is 4.85. The number of fused-ring (bicyclic) bond motifs is 3. The van der Waals surface area contributed by atoms with Gasteiger partial charge in [-0.2, -0.15) is 0 Å². The molecule has 2 unspecified atom stereocenters. The highest BCUT2D eigenvalue weighted by Crippen LogP contribution is 2.33. The van der Waals surface area contributed by atoms with E-state index in [-0.39, 0.29) is 12.5 Å². The number of likely N-dealkylation sites (tertiary alicyclic amines) is 1. The molecule has 0 spiro atoms. The lowest BCUT2D eigenvalue weighted by Crippen LogP contribution is -2.39. The molecule has 1 fully saturated rings. The van der Waals surface area contributed by atoms with E-state index in [0.717, 1.165) is 33.4 Å². The molecular formula is C27H41FN2O5S. The lowest BCUT2D eigenvalue weighted by Gasteiger charge is -2.20. The number of benzene rings is 2. The molecule has 2 atom stereocenters. The molecule has 9 heteroatoms. The number of aliphatic hydroxyl groups excluding tert-OH is 2.